The summed E-state index contributed by atoms with van der Waals surface area (Å²) in [6.45, 7) is -0.447. The molecular weight excluding hydrogens is 209 g/mol. The van der Waals surface area contributed by atoms with Gasteiger partial charge in [-0.3, -0.25) is 0 Å². The van der Waals surface area contributed by atoms with E-state index in [1.165, 1.54) is 18.3 Å². The third kappa shape index (κ3) is 4.31. The van der Waals surface area contributed by atoms with Gasteiger partial charge in [0.05, 0.1) is 19.2 Å². The summed E-state index contributed by atoms with van der Waals surface area (Å²) >= 11 is 0. The second-order valence-corrected chi connectivity index (χ2v) is 2.70. The van der Waals surface area contributed by atoms with Gasteiger partial charge in [-0.15, -0.1) is 0 Å². The van der Waals surface area contributed by atoms with Gasteiger partial charge in [0.1, 0.15) is 17.5 Å². The van der Waals surface area contributed by atoms with E-state index >= 15 is 0 Å². The molecule has 1 aromatic heterocycles. The molecule has 0 saturated carbocycles. The van der Waals surface area contributed by atoms with Crippen LogP contribution < -0.4 is 4.74 Å². The molecule has 0 atom stereocenters. The van der Waals surface area contributed by atoms with Crippen LogP contribution in [0.5, 0.6) is 5.75 Å². The average Bonchev–Trinajstić information content (AvgIpc) is 2.17. The Morgan fingerprint density at radius 1 is 1.40 bits per heavy atom. The molecule has 0 aliphatic rings. The number of ether oxygens (including phenoxy) is 1. The van der Waals surface area contributed by atoms with Crippen LogP contribution in [-0.2, 0) is 0 Å². The third-order valence-corrected chi connectivity index (χ3v) is 1.51. The lowest BCUT2D eigenvalue weighted by Gasteiger charge is -2.07. The number of hydrogen-bond acceptors (Lipinski definition) is 3. The first-order chi connectivity index (χ1) is 7.01. The van der Waals surface area contributed by atoms with Gasteiger partial charge in [0.2, 0.25) is 0 Å². The Labute approximate surface area is 84.1 Å². The van der Waals surface area contributed by atoms with Gasteiger partial charge in [0.25, 0.3) is 0 Å². The molecule has 0 fully saturated rings. The van der Waals surface area contributed by atoms with Crippen molar-refractivity contribution in [1.82, 2.24) is 4.98 Å². The van der Waals surface area contributed by atoms with Gasteiger partial charge in [-0.05, 0) is 12.1 Å². The molecule has 0 amide bonds. The van der Waals surface area contributed by atoms with E-state index in [1.54, 1.807) is 6.07 Å². The summed E-state index contributed by atoms with van der Waals surface area (Å²) < 4.78 is 40.0. The molecule has 6 heteroatoms. The van der Waals surface area contributed by atoms with Gasteiger partial charge in [-0.1, -0.05) is 0 Å². The molecule has 0 aromatic carbocycles. The number of halogens is 3. The minimum Gasteiger partial charge on any atom is -0.492 e. The van der Waals surface area contributed by atoms with Crippen LogP contribution in [0, 0.1) is 11.3 Å². The maximum absolute atomic E-state index is 11.7. The Hall–Kier alpha value is -1.77. The van der Waals surface area contributed by atoms with Gasteiger partial charge in [-0.2, -0.15) is 18.4 Å². The van der Waals surface area contributed by atoms with Crippen LogP contribution >= 0.6 is 0 Å². The first-order valence-electron chi connectivity index (χ1n) is 4.07. The molecular formula is C9H7F3N2O. The minimum atomic E-state index is -4.22. The van der Waals surface area contributed by atoms with Crippen LogP contribution in [0.4, 0.5) is 13.2 Å². The van der Waals surface area contributed by atoms with Crippen molar-refractivity contribution < 1.29 is 17.9 Å². The summed E-state index contributed by atoms with van der Waals surface area (Å²) in [5.74, 6) is 0.221. The maximum Gasteiger partial charge on any atom is 0.392 e. The zero-order chi connectivity index (χ0) is 11.3. The molecule has 15 heavy (non-hydrogen) atoms. The third-order valence-electron chi connectivity index (χ3n) is 1.51. The molecule has 3 nitrogen and oxygen atoms in total. The van der Waals surface area contributed by atoms with Gasteiger partial charge in [-0.25, -0.2) is 4.98 Å². The second kappa shape index (κ2) is 4.64. The van der Waals surface area contributed by atoms with Crippen LogP contribution in [0.3, 0.4) is 0 Å². The van der Waals surface area contributed by atoms with Crippen molar-refractivity contribution in [2.24, 2.45) is 0 Å². The SMILES string of the molecule is N#Cc1ccc(OCCC(F)(F)F)cn1. The van der Waals surface area contributed by atoms with Crippen molar-refractivity contribution in [2.75, 3.05) is 6.61 Å². The van der Waals surface area contributed by atoms with Crippen LogP contribution in [0.1, 0.15) is 12.1 Å². The van der Waals surface area contributed by atoms with E-state index < -0.39 is 19.2 Å². The first-order valence-corrected chi connectivity index (χ1v) is 4.07. The summed E-state index contributed by atoms with van der Waals surface area (Å²) in [6.07, 6.45) is -4.01. The fourth-order valence-corrected chi connectivity index (χ4v) is 0.816. The Bertz CT molecular complexity index is 353. The largest absolute Gasteiger partial charge is 0.492 e. The monoisotopic (exact) mass is 216 g/mol. The molecule has 80 valence electrons. The van der Waals surface area contributed by atoms with Crippen molar-refractivity contribution in [3.8, 4) is 11.8 Å². The highest BCUT2D eigenvalue weighted by Gasteiger charge is 2.26. The Kier molecular flexibility index (Phi) is 3.50. The van der Waals surface area contributed by atoms with Crippen molar-refractivity contribution >= 4 is 0 Å². The number of pyridine rings is 1. The lowest BCUT2D eigenvalue weighted by atomic mass is 10.3. The summed E-state index contributed by atoms with van der Waals surface area (Å²) in [7, 11) is 0. The molecule has 0 bridgehead atoms. The molecule has 0 N–H and O–H groups in total. The van der Waals surface area contributed by atoms with E-state index in [1.807, 2.05) is 0 Å². The van der Waals surface area contributed by atoms with E-state index in [-0.39, 0.29) is 11.4 Å². The number of rotatable bonds is 3. The molecule has 0 saturated heterocycles. The van der Waals surface area contributed by atoms with E-state index in [4.69, 9.17) is 10.00 Å². The van der Waals surface area contributed by atoms with Gasteiger partial charge in [0, 0.05) is 0 Å². The fourth-order valence-electron chi connectivity index (χ4n) is 0.816. The number of hydrogen-bond donors (Lipinski definition) is 0. The van der Waals surface area contributed by atoms with Gasteiger partial charge in [0.15, 0.2) is 0 Å². The van der Waals surface area contributed by atoms with Crippen LogP contribution in [-0.4, -0.2) is 17.8 Å². The average molecular weight is 216 g/mol. The fraction of sp³-hybridized carbons (Fsp3) is 0.333. The summed E-state index contributed by atoms with van der Waals surface area (Å²) in [5, 5.41) is 8.41. The highest BCUT2D eigenvalue weighted by Crippen LogP contribution is 2.20. The number of nitriles is 1. The molecule has 0 radical (unpaired) electrons. The van der Waals surface area contributed by atoms with Crippen molar-refractivity contribution in [3.05, 3.63) is 24.0 Å². The Morgan fingerprint density at radius 2 is 2.13 bits per heavy atom. The summed E-state index contributed by atoms with van der Waals surface area (Å²) in [4.78, 5) is 3.64. The zero-order valence-electron chi connectivity index (χ0n) is 7.58. The van der Waals surface area contributed by atoms with Crippen LogP contribution in [0.25, 0.3) is 0 Å². The minimum absolute atomic E-state index is 0.193. The molecule has 0 unspecified atom stereocenters. The maximum atomic E-state index is 11.7. The van der Waals surface area contributed by atoms with E-state index in [2.05, 4.69) is 4.98 Å². The highest BCUT2D eigenvalue weighted by atomic mass is 19.4. The quantitative estimate of drug-likeness (QED) is 0.778. The Morgan fingerprint density at radius 3 is 2.60 bits per heavy atom. The number of nitrogens with zero attached hydrogens (tertiary/aromatic N) is 2. The van der Waals surface area contributed by atoms with Crippen LogP contribution in [0.2, 0.25) is 0 Å². The summed E-state index contributed by atoms with van der Waals surface area (Å²) in [6, 6.07) is 4.57. The highest BCUT2D eigenvalue weighted by molar-refractivity contribution is 5.26. The van der Waals surface area contributed by atoms with E-state index in [0.717, 1.165) is 0 Å². The van der Waals surface area contributed by atoms with Crippen molar-refractivity contribution in [1.29, 1.82) is 5.26 Å². The second-order valence-electron chi connectivity index (χ2n) is 2.70. The molecule has 1 rings (SSSR count). The smallest absolute Gasteiger partial charge is 0.392 e. The molecule has 0 aliphatic heterocycles. The summed E-state index contributed by atoms with van der Waals surface area (Å²) in [5.41, 5.74) is 0.193. The zero-order valence-corrected chi connectivity index (χ0v) is 7.58. The van der Waals surface area contributed by atoms with Crippen molar-refractivity contribution in [3.63, 3.8) is 0 Å². The first kappa shape index (κ1) is 11.3. The lowest BCUT2D eigenvalue weighted by molar-refractivity contribution is -0.139. The van der Waals surface area contributed by atoms with Gasteiger partial charge < -0.3 is 4.74 Å². The van der Waals surface area contributed by atoms with Gasteiger partial charge >= 0.3 is 6.18 Å². The molecule has 1 heterocycles. The topological polar surface area (TPSA) is 45.9 Å². The lowest BCUT2D eigenvalue weighted by Crippen LogP contribution is -2.13. The standard InChI is InChI=1S/C9H7F3N2O/c10-9(11,12)3-4-15-8-2-1-7(5-13)14-6-8/h1-2,6H,3-4H2. The normalized spacial score (nSPS) is 10.8. The van der Waals surface area contributed by atoms with E-state index in [9.17, 15) is 13.2 Å². The molecule has 1 aromatic rings. The van der Waals surface area contributed by atoms with E-state index in [0.29, 0.717) is 0 Å². The van der Waals surface area contributed by atoms with Crippen molar-refractivity contribution in [2.45, 2.75) is 12.6 Å². The molecule has 0 spiro atoms. The number of aromatic nitrogens is 1. The number of alkyl halides is 3. The molecule has 0 aliphatic carbocycles. The predicted molar refractivity (Wildman–Crippen MR) is 45.1 cm³/mol. The van der Waals surface area contributed by atoms with Crippen LogP contribution in [0.15, 0.2) is 18.3 Å². The Balaban J connectivity index is 2.42. The predicted octanol–water partition coefficient (Wildman–Crippen LogP) is 2.28.